The van der Waals surface area contributed by atoms with Gasteiger partial charge in [0.1, 0.15) is 0 Å². The molecular weight excluding hydrogens is 160 g/mol. The monoisotopic (exact) mass is 176 g/mol. The van der Waals surface area contributed by atoms with Crippen LogP contribution in [0, 0.1) is 0 Å². The van der Waals surface area contributed by atoms with E-state index in [2.05, 4.69) is 10.6 Å². The fraction of sp³-hybridized carbons (Fsp3) is 0.857. The lowest BCUT2D eigenvalue weighted by Gasteiger charge is -2.14. The maximum absolute atomic E-state index is 10.7. The number of rotatable bonds is 5. The van der Waals surface area contributed by atoms with Crippen LogP contribution in [0.15, 0.2) is 0 Å². The Bertz CT molecular complexity index is 130. The summed E-state index contributed by atoms with van der Waals surface area (Å²) in [6.45, 7) is 0.921. The van der Waals surface area contributed by atoms with Crippen LogP contribution in [0.25, 0.3) is 0 Å². The Morgan fingerprint density at radius 2 is 2.17 bits per heavy atom. The van der Waals surface area contributed by atoms with Crippen molar-refractivity contribution in [1.29, 1.82) is 0 Å². The molecule has 0 saturated carbocycles. The van der Waals surface area contributed by atoms with Crippen LogP contribution in [0.1, 0.15) is 0 Å². The van der Waals surface area contributed by atoms with Gasteiger partial charge >= 0.3 is 6.03 Å². The van der Waals surface area contributed by atoms with E-state index >= 15 is 0 Å². The molecule has 0 aliphatic heterocycles. The molecule has 1 atom stereocenters. The molecule has 0 aliphatic rings. The summed E-state index contributed by atoms with van der Waals surface area (Å²) in [4.78, 5) is 10.7. The lowest BCUT2D eigenvalue weighted by Crippen LogP contribution is -2.40. The van der Waals surface area contributed by atoms with Crippen LogP contribution < -0.4 is 10.6 Å². The van der Waals surface area contributed by atoms with Gasteiger partial charge in [0.15, 0.2) is 0 Å². The van der Waals surface area contributed by atoms with Crippen LogP contribution >= 0.6 is 0 Å². The van der Waals surface area contributed by atoms with Gasteiger partial charge in [-0.2, -0.15) is 0 Å². The number of carbonyl (C=O) groups excluding carboxylic acids is 1. The topological polar surface area (TPSA) is 59.6 Å². The number of amides is 2. The quantitative estimate of drug-likeness (QED) is 0.598. The first-order chi connectivity index (χ1) is 5.74. The van der Waals surface area contributed by atoms with Crippen LogP contribution in [0.3, 0.4) is 0 Å². The van der Waals surface area contributed by atoms with Crippen molar-refractivity contribution >= 4 is 6.03 Å². The second-order valence-corrected chi connectivity index (χ2v) is 2.27. The minimum atomic E-state index is -0.215. The molecule has 0 spiro atoms. The molecule has 0 rings (SSSR count). The van der Waals surface area contributed by atoms with Gasteiger partial charge in [-0.15, -0.1) is 0 Å². The van der Waals surface area contributed by atoms with Gasteiger partial charge in [-0.25, -0.2) is 4.79 Å². The number of hydrogen-bond donors (Lipinski definition) is 2. The molecule has 0 aromatic rings. The molecule has 12 heavy (non-hydrogen) atoms. The normalized spacial score (nSPS) is 12.2. The summed E-state index contributed by atoms with van der Waals surface area (Å²) in [5, 5.41) is 5.05. The van der Waals surface area contributed by atoms with Crippen molar-refractivity contribution in [2.24, 2.45) is 0 Å². The smallest absolute Gasteiger partial charge is 0.314 e. The predicted octanol–water partition coefficient (Wildman–Crippen LogP) is -0.423. The van der Waals surface area contributed by atoms with E-state index in [-0.39, 0.29) is 12.1 Å². The summed E-state index contributed by atoms with van der Waals surface area (Å²) < 4.78 is 9.88. The molecular formula is C7H16N2O3. The largest absolute Gasteiger partial charge is 0.382 e. The molecule has 0 bridgehead atoms. The molecule has 0 saturated heterocycles. The second kappa shape index (κ2) is 6.87. The maximum Gasteiger partial charge on any atom is 0.314 e. The Kier molecular flexibility index (Phi) is 6.41. The standard InChI is InChI=1S/C7H16N2O3/c1-8-7(10)9-4-6(12-3)5-11-2/h6H,4-5H2,1-3H3,(H2,8,9,10). The van der Waals surface area contributed by atoms with Gasteiger partial charge in [-0.1, -0.05) is 0 Å². The van der Waals surface area contributed by atoms with E-state index in [0.29, 0.717) is 13.2 Å². The lowest BCUT2D eigenvalue weighted by molar-refractivity contribution is 0.0304. The zero-order chi connectivity index (χ0) is 9.40. The fourth-order valence-corrected chi connectivity index (χ4v) is 0.691. The van der Waals surface area contributed by atoms with Crippen molar-refractivity contribution < 1.29 is 14.3 Å². The molecule has 72 valence electrons. The van der Waals surface area contributed by atoms with Crippen molar-refractivity contribution in [2.45, 2.75) is 6.10 Å². The van der Waals surface area contributed by atoms with Gasteiger partial charge in [0.25, 0.3) is 0 Å². The van der Waals surface area contributed by atoms with E-state index in [1.54, 1.807) is 21.3 Å². The van der Waals surface area contributed by atoms with Crippen LogP contribution in [0.5, 0.6) is 0 Å². The Hall–Kier alpha value is -0.810. The Labute approximate surface area is 72.4 Å². The van der Waals surface area contributed by atoms with Crippen molar-refractivity contribution in [2.75, 3.05) is 34.4 Å². The first kappa shape index (κ1) is 11.2. The summed E-state index contributed by atoms with van der Waals surface area (Å²) in [7, 11) is 4.73. The van der Waals surface area contributed by atoms with Crippen molar-refractivity contribution in [1.82, 2.24) is 10.6 Å². The predicted molar refractivity (Wildman–Crippen MR) is 45.1 cm³/mol. The Morgan fingerprint density at radius 1 is 1.50 bits per heavy atom. The number of hydrogen-bond acceptors (Lipinski definition) is 3. The molecule has 5 heteroatoms. The number of ether oxygens (including phenoxy) is 2. The zero-order valence-corrected chi connectivity index (χ0v) is 7.72. The number of carbonyl (C=O) groups is 1. The van der Waals surface area contributed by atoms with Gasteiger partial charge in [0.2, 0.25) is 0 Å². The highest BCUT2D eigenvalue weighted by Gasteiger charge is 2.07. The second-order valence-electron chi connectivity index (χ2n) is 2.27. The van der Waals surface area contributed by atoms with Gasteiger partial charge < -0.3 is 20.1 Å². The molecule has 5 nitrogen and oxygen atoms in total. The van der Waals surface area contributed by atoms with E-state index in [1.807, 2.05) is 0 Å². The molecule has 0 aromatic carbocycles. The third kappa shape index (κ3) is 4.92. The van der Waals surface area contributed by atoms with E-state index in [9.17, 15) is 4.79 Å². The van der Waals surface area contributed by atoms with E-state index in [4.69, 9.17) is 9.47 Å². The highest BCUT2D eigenvalue weighted by Crippen LogP contribution is 1.87. The molecule has 0 heterocycles. The molecule has 0 radical (unpaired) electrons. The first-order valence-electron chi connectivity index (χ1n) is 3.72. The van der Waals surface area contributed by atoms with E-state index in [0.717, 1.165) is 0 Å². The summed E-state index contributed by atoms with van der Waals surface area (Å²) >= 11 is 0. The van der Waals surface area contributed by atoms with E-state index < -0.39 is 0 Å². The highest BCUT2D eigenvalue weighted by molar-refractivity contribution is 5.73. The highest BCUT2D eigenvalue weighted by atomic mass is 16.5. The Morgan fingerprint density at radius 3 is 2.58 bits per heavy atom. The fourth-order valence-electron chi connectivity index (χ4n) is 0.691. The first-order valence-corrected chi connectivity index (χ1v) is 3.72. The summed E-state index contributed by atoms with van der Waals surface area (Å²) in [5.74, 6) is 0. The van der Waals surface area contributed by atoms with Crippen LogP contribution in [-0.2, 0) is 9.47 Å². The van der Waals surface area contributed by atoms with Crippen LogP contribution in [0.4, 0.5) is 4.79 Å². The summed E-state index contributed by atoms with van der Waals surface area (Å²) in [5.41, 5.74) is 0. The zero-order valence-electron chi connectivity index (χ0n) is 7.72. The minimum Gasteiger partial charge on any atom is -0.382 e. The number of urea groups is 1. The lowest BCUT2D eigenvalue weighted by atomic mass is 10.4. The van der Waals surface area contributed by atoms with Crippen molar-refractivity contribution in [3.05, 3.63) is 0 Å². The van der Waals surface area contributed by atoms with Gasteiger partial charge in [0, 0.05) is 27.8 Å². The molecule has 0 fully saturated rings. The van der Waals surface area contributed by atoms with Gasteiger partial charge in [-0.3, -0.25) is 0 Å². The van der Waals surface area contributed by atoms with E-state index in [1.165, 1.54) is 0 Å². The molecule has 0 aromatic heterocycles. The molecule has 2 amide bonds. The summed E-state index contributed by atoms with van der Waals surface area (Å²) in [6, 6.07) is -0.215. The SMILES string of the molecule is CNC(=O)NCC(COC)OC. The van der Waals surface area contributed by atoms with Crippen molar-refractivity contribution in [3.8, 4) is 0 Å². The maximum atomic E-state index is 10.7. The molecule has 0 aliphatic carbocycles. The van der Waals surface area contributed by atoms with Crippen LogP contribution in [-0.4, -0.2) is 46.6 Å². The van der Waals surface area contributed by atoms with Gasteiger partial charge in [-0.05, 0) is 0 Å². The third-order valence-corrected chi connectivity index (χ3v) is 1.40. The average molecular weight is 176 g/mol. The molecule has 1 unspecified atom stereocenters. The molecule has 2 N–H and O–H groups in total. The van der Waals surface area contributed by atoms with Crippen LogP contribution in [0.2, 0.25) is 0 Å². The average Bonchev–Trinajstić information content (AvgIpc) is 2.11. The number of methoxy groups -OCH3 is 2. The number of nitrogens with one attached hydrogen (secondary N) is 2. The van der Waals surface area contributed by atoms with Crippen molar-refractivity contribution in [3.63, 3.8) is 0 Å². The third-order valence-electron chi connectivity index (χ3n) is 1.40. The van der Waals surface area contributed by atoms with Gasteiger partial charge in [0.05, 0.1) is 12.7 Å². The Balaban J connectivity index is 3.50. The summed E-state index contributed by atoms with van der Waals surface area (Å²) in [6.07, 6.45) is -0.0905. The minimum absolute atomic E-state index is 0.0905.